The topological polar surface area (TPSA) is 84.7 Å². The van der Waals surface area contributed by atoms with E-state index in [1.165, 1.54) is 10.6 Å². The van der Waals surface area contributed by atoms with E-state index in [9.17, 15) is 8.42 Å². The number of para-hydroxylation sites is 1. The molecule has 0 radical (unpaired) electrons. The van der Waals surface area contributed by atoms with Gasteiger partial charge in [0.2, 0.25) is 10.0 Å². The number of nitrogens with one attached hydrogen (secondary N) is 1. The van der Waals surface area contributed by atoms with Crippen molar-refractivity contribution in [3.63, 3.8) is 0 Å². The monoisotopic (exact) mass is 435 g/mol. The summed E-state index contributed by atoms with van der Waals surface area (Å²) >= 11 is 6.25. The van der Waals surface area contributed by atoms with E-state index in [0.29, 0.717) is 42.7 Å². The number of rotatable bonds is 7. The van der Waals surface area contributed by atoms with Crippen molar-refractivity contribution in [2.24, 2.45) is 5.92 Å². The molecule has 7 nitrogen and oxygen atoms in total. The van der Waals surface area contributed by atoms with Crippen LogP contribution in [0.4, 0.5) is 5.69 Å². The van der Waals surface area contributed by atoms with Gasteiger partial charge in [-0.1, -0.05) is 23.7 Å². The maximum atomic E-state index is 11.7. The van der Waals surface area contributed by atoms with Gasteiger partial charge in [-0.25, -0.2) is 17.7 Å². The number of benzene rings is 1. The van der Waals surface area contributed by atoms with Crippen LogP contribution in [0.1, 0.15) is 12.2 Å². The predicted octanol–water partition coefficient (Wildman–Crippen LogP) is 3.75. The second-order valence-electron chi connectivity index (χ2n) is 7.16. The highest BCUT2D eigenvalue weighted by atomic mass is 35.5. The van der Waals surface area contributed by atoms with Gasteiger partial charge in [0.1, 0.15) is 22.2 Å². The Labute approximate surface area is 174 Å². The standard InChI is InChI=1S/C20H22ClN3O4S/c1-29(25,26)24-8-7-14(12-24)13-28-18-6-2-5-16-17(10-19(21)23-20(16)18)22-11-15-4-3-9-27-15/h2-6,9-10,14H,7-8,11-13H2,1H3,(H,22,23). The molecular formula is C20H22ClN3O4S. The van der Waals surface area contributed by atoms with Gasteiger partial charge in [-0.15, -0.1) is 0 Å². The van der Waals surface area contributed by atoms with Crippen LogP contribution in [0.2, 0.25) is 5.15 Å². The molecule has 0 amide bonds. The van der Waals surface area contributed by atoms with Gasteiger partial charge in [0, 0.05) is 30.1 Å². The van der Waals surface area contributed by atoms with Crippen LogP contribution in [0, 0.1) is 5.92 Å². The summed E-state index contributed by atoms with van der Waals surface area (Å²) in [4.78, 5) is 4.45. The van der Waals surface area contributed by atoms with E-state index in [1.807, 2.05) is 30.3 Å². The van der Waals surface area contributed by atoms with E-state index in [-0.39, 0.29) is 5.92 Å². The SMILES string of the molecule is CS(=O)(=O)N1CCC(COc2cccc3c(NCc4ccco4)cc(Cl)nc23)C1. The zero-order valence-electron chi connectivity index (χ0n) is 16.0. The molecule has 1 atom stereocenters. The van der Waals surface area contributed by atoms with Gasteiger partial charge in [0.05, 0.1) is 25.7 Å². The summed E-state index contributed by atoms with van der Waals surface area (Å²) in [6, 6.07) is 11.2. The Kier molecular flexibility index (Phi) is 5.67. The molecule has 0 aliphatic carbocycles. The molecule has 9 heteroatoms. The second-order valence-corrected chi connectivity index (χ2v) is 9.53. The van der Waals surface area contributed by atoms with Crippen LogP contribution >= 0.6 is 11.6 Å². The van der Waals surface area contributed by atoms with Crippen molar-refractivity contribution in [1.82, 2.24) is 9.29 Å². The van der Waals surface area contributed by atoms with E-state index >= 15 is 0 Å². The van der Waals surface area contributed by atoms with Crippen LogP contribution < -0.4 is 10.1 Å². The molecule has 3 aromatic rings. The third-order valence-corrected chi connectivity index (χ3v) is 6.46. The van der Waals surface area contributed by atoms with Crippen molar-refractivity contribution >= 4 is 38.2 Å². The van der Waals surface area contributed by atoms with Gasteiger partial charge in [-0.2, -0.15) is 0 Å². The third-order valence-electron chi connectivity index (χ3n) is 5.00. The Balaban J connectivity index is 1.51. The first-order valence-electron chi connectivity index (χ1n) is 9.33. The molecule has 154 valence electrons. The fourth-order valence-electron chi connectivity index (χ4n) is 3.49. The van der Waals surface area contributed by atoms with Crippen molar-refractivity contribution in [1.29, 1.82) is 0 Å². The smallest absolute Gasteiger partial charge is 0.211 e. The molecule has 1 fully saturated rings. The lowest BCUT2D eigenvalue weighted by Crippen LogP contribution is -2.28. The highest BCUT2D eigenvalue weighted by Crippen LogP contribution is 2.32. The van der Waals surface area contributed by atoms with Crippen LogP contribution in [0.25, 0.3) is 10.9 Å². The molecule has 1 unspecified atom stereocenters. The van der Waals surface area contributed by atoms with Crippen molar-refractivity contribution in [2.45, 2.75) is 13.0 Å². The maximum Gasteiger partial charge on any atom is 0.211 e. The quantitative estimate of drug-likeness (QED) is 0.569. The number of fused-ring (bicyclic) bond motifs is 1. The molecule has 1 aliphatic heterocycles. The molecule has 0 bridgehead atoms. The van der Waals surface area contributed by atoms with E-state index in [2.05, 4.69) is 10.3 Å². The molecule has 0 spiro atoms. The molecule has 1 aromatic carbocycles. The van der Waals surface area contributed by atoms with Crippen molar-refractivity contribution in [3.8, 4) is 5.75 Å². The first-order valence-corrected chi connectivity index (χ1v) is 11.6. The number of pyridine rings is 1. The molecule has 4 rings (SSSR count). The van der Waals surface area contributed by atoms with Gasteiger partial charge in [-0.05, 0) is 30.7 Å². The van der Waals surface area contributed by atoms with Gasteiger partial charge in [-0.3, -0.25) is 0 Å². The highest BCUT2D eigenvalue weighted by Gasteiger charge is 2.29. The van der Waals surface area contributed by atoms with Crippen LogP contribution in [0.3, 0.4) is 0 Å². The third kappa shape index (κ3) is 4.66. The molecule has 29 heavy (non-hydrogen) atoms. The number of hydrogen-bond acceptors (Lipinski definition) is 6. The van der Waals surface area contributed by atoms with E-state index < -0.39 is 10.0 Å². The summed E-state index contributed by atoms with van der Waals surface area (Å²) in [5.41, 5.74) is 1.51. The van der Waals surface area contributed by atoms with Crippen LogP contribution in [0.5, 0.6) is 5.75 Å². The average molecular weight is 436 g/mol. The van der Waals surface area contributed by atoms with Crippen LogP contribution in [-0.2, 0) is 16.6 Å². The van der Waals surface area contributed by atoms with Crippen molar-refractivity contribution < 1.29 is 17.6 Å². The fraction of sp³-hybridized carbons (Fsp3) is 0.350. The number of nitrogens with zero attached hydrogens (tertiary/aromatic N) is 2. The normalized spacial score (nSPS) is 17.7. The van der Waals surface area contributed by atoms with Gasteiger partial charge >= 0.3 is 0 Å². The number of anilines is 1. The Morgan fingerprint density at radius 1 is 1.34 bits per heavy atom. The molecule has 1 N–H and O–H groups in total. The molecule has 0 saturated carbocycles. The van der Waals surface area contributed by atoms with E-state index in [0.717, 1.165) is 23.3 Å². The fourth-order valence-corrected chi connectivity index (χ4v) is 4.60. The molecular weight excluding hydrogens is 414 g/mol. The Bertz CT molecular complexity index is 1100. The highest BCUT2D eigenvalue weighted by molar-refractivity contribution is 7.88. The summed E-state index contributed by atoms with van der Waals surface area (Å²) in [5.74, 6) is 1.59. The summed E-state index contributed by atoms with van der Waals surface area (Å²) in [5, 5.41) is 4.58. The number of furan rings is 1. The zero-order chi connectivity index (χ0) is 20.4. The van der Waals surface area contributed by atoms with E-state index in [4.69, 9.17) is 20.8 Å². The van der Waals surface area contributed by atoms with Gasteiger partial charge in [0.15, 0.2) is 0 Å². The number of sulfonamides is 1. The van der Waals surface area contributed by atoms with Crippen molar-refractivity contribution in [2.75, 3.05) is 31.3 Å². The Morgan fingerprint density at radius 3 is 2.93 bits per heavy atom. The summed E-state index contributed by atoms with van der Waals surface area (Å²) in [6.45, 7) is 1.96. The lowest BCUT2D eigenvalue weighted by atomic mass is 10.1. The van der Waals surface area contributed by atoms with Crippen LogP contribution in [0.15, 0.2) is 47.1 Å². The predicted molar refractivity (Wildman–Crippen MR) is 113 cm³/mol. The largest absolute Gasteiger partial charge is 0.491 e. The summed E-state index contributed by atoms with van der Waals surface area (Å²) in [7, 11) is -3.16. The lowest BCUT2D eigenvalue weighted by molar-refractivity contribution is 0.257. The summed E-state index contributed by atoms with van der Waals surface area (Å²) < 4.78 is 36.3. The molecule has 1 saturated heterocycles. The summed E-state index contributed by atoms with van der Waals surface area (Å²) in [6.07, 6.45) is 3.65. The average Bonchev–Trinajstić information content (AvgIpc) is 3.36. The van der Waals surface area contributed by atoms with Crippen LogP contribution in [-0.4, -0.2) is 43.7 Å². The minimum absolute atomic E-state index is 0.149. The number of hydrogen-bond donors (Lipinski definition) is 1. The molecule has 2 aromatic heterocycles. The number of ether oxygens (including phenoxy) is 1. The number of aromatic nitrogens is 1. The Hall–Kier alpha value is -2.29. The second kappa shape index (κ2) is 8.22. The molecule has 3 heterocycles. The van der Waals surface area contributed by atoms with Gasteiger partial charge < -0.3 is 14.5 Å². The Morgan fingerprint density at radius 2 is 2.21 bits per heavy atom. The maximum absolute atomic E-state index is 11.7. The van der Waals surface area contributed by atoms with Gasteiger partial charge in [0.25, 0.3) is 0 Å². The minimum atomic E-state index is -3.16. The lowest BCUT2D eigenvalue weighted by Gasteiger charge is -2.16. The first kappa shape index (κ1) is 20.0. The van der Waals surface area contributed by atoms with Crippen molar-refractivity contribution in [3.05, 3.63) is 53.6 Å². The minimum Gasteiger partial charge on any atom is -0.491 e. The zero-order valence-corrected chi connectivity index (χ0v) is 17.5. The molecule has 1 aliphatic rings. The van der Waals surface area contributed by atoms with E-state index in [1.54, 1.807) is 12.3 Å². The first-order chi connectivity index (χ1) is 13.9. The number of halogens is 1.